The summed E-state index contributed by atoms with van der Waals surface area (Å²) in [5.41, 5.74) is 2.00. The quantitative estimate of drug-likeness (QED) is 0.797. The molecule has 1 aromatic carbocycles. The van der Waals surface area contributed by atoms with Crippen LogP contribution < -0.4 is 4.72 Å². The van der Waals surface area contributed by atoms with E-state index in [1.54, 1.807) is 19.2 Å². The monoisotopic (exact) mass is 333 g/mol. The Labute approximate surface area is 133 Å². The molecule has 0 radical (unpaired) electrons. The van der Waals surface area contributed by atoms with Crippen molar-refractivity contribution in [2.45, 2.75) is 11.8 Å². The Morgan fingerprint density at radius 2 is 2.05 bits per heavy atom. The molecule has 0 bridgehead atoms. The number of nitrogens with one attached hydrogen (secondary N) is 1. The van der Waals surface area contributed by atoms with Gasteiger partial charge in [0.15, 0.2) is 0 Å². The molecule has 3 rings (SSSR count). The zero-order valence-corrected chi connectivity index (χ0v) is 13.8. The van der Waals surface area contributed by atoms with Gasteiger partial charge in [-0.05, 0) is 36.1 Å². The largest absolute Gasteiger partial charge is 0.280 e. The molecule has 22 heavy (non-hydrogen) atoms. The number of anilines is 1. The highest BCUT2D eigenvalue weighted by Crippen LogP contribution is 2.30. The van der Waals surface area contributed by atoms with Gasteiger partial charge in [-0.25, -0.2) is 8.42 Å². The van der Waals surface area contributed by atoms with Crippen LogP contribution in [0.3, 0.4) is 0 Å². The lowest BCUT2D eigenvalue weighted by molar-refractivity contribution is 0.601. The Morgan fingerprint density at radius 3 is 2.73 bits per heavy atom. The van der Waals surface area contributed by atoms with Crippen molar-refractivity contribution < 1.29 is 8.42 Å². The molecule has 0 saturated carbocycles. The van der Waals surface area contributed by atoms with E-state index >= 15 is 0 Å². The Bertz CT molecular complexity index is 897. The fourth-order valence-electron chi connectivity index (χ4n) is 2.17. The number of thiophene rings is 1. The van der Waals surface area contributed by atoms with E-state index in [0.29, 0.717) is 11.4 Å². The van der Waals surface area contributed by atoms with E-state index in [2.05, 4.69) is 9.82 Å². The van der Waals surface area contributed by atoms with Gasteiger partial charge >= 0.3 is 0 Å². The van der Waals surface area contributed by atoms with Crippen molar-refractivity contribution in [1.82, 2.24) is 9.78 Å². The van der Waals surface area contributed by atoms with E-state index < -0.39 is 10.0 Å². The van der Waals surface area contributed by atoms with E-state index in [1.165, 1.54) is 22.2 Å². The molecular formula is C15H15N3O2S2. The van der Waals surface area contributed by atoms with Gasteiger partial charge in [-0.15, -0.1) is 11.3 Å². The normalized spacial score (nSPS) is 11.5. The Morgan fingerprint density at radius 1 is 1.23 bits per heavy atom. The van der Waals surface area contributed by atoms with Crippen molar-refractivity contribution in [3.05, 3.63) is 53.5 Å². The van der Waals surface area contributed by atoms with Crippen LogP contribution in [0.2, 0.25) is 0 Å². The predicted octanol–water partition coefficient (Wildman–Crippen LogP) is 3.26. The smallest absolute Gasteiger partial charge is 0.265 e. The van der Waals surface area contributed by atoms with Crippen LogP contribution in [0, 0.1) is 6.92 Å². The molecule has 3 aromatic rings. The molecule has 0 unspecified atom stereocenters. The average molecular weight is 333 g/mol. The van der Waals surface area contributed by atoms with Crippen LogP contribution in [0.5, 0.6) is 0 Å². The summed E-state index contributed by atoms with van der Waals surface area (Å²) in [6.07, 6.45) is 1.52. The van der Waals surface area contributed by atoms with Gasteiger partial charge in [-0.1, -0.05) is 18.2 Å². The summed E-state index contributed by atoms with van der Waals surface area (Å²) in [5.74, 6) is 0. The highest BCUT2D eigenvalue weighted by Gasteiger charge is 2.23. The molecule has 0 aliphatic carbocycles. The summed E-state index contributed by atoms with van der Waals surface area (Å²) in [6, 6.07) is 11.0. The third-order valence-corrected chi connectivity index (χ3v) is 5.37. The van der Waals surface area contributed by atoms with Crippen LogP contribution in [0.25, 0.3) is 10.6 Å². The van der Waals surface area contributed by atoms with Crippen LogP contribution in [0.15, 0.2) is 52.9 Å². The minimum absolute atomic E-state index is 0.180. The first-order valence-electron chi connectivity index (χ1n) is 6.63. The van der Waals surface area contributed by atoms with E-state index in [0.717, 1.165) is 10.4 Å². The number of aryl methyl sites for hydroxylation is 2. The molecule has 1 N–H and O–H groups in total. The van der Waals surface area contributed by atoms with Gasteiger partial charge in [0.25, 0.3) is 10.0 Å². The molecule has 0 spiro atoms. The Kier molecular flexibility index (Phi) is 3.76. The molecule has 114 valence electrons. The number of hydrogen-bond donors (Lipinski definition) is 1. The number of rotatable bonds is 4. The van der Waals surface area contributed by atoms with Crippen LogP contribution in [-0.4, -0.2) is 18.2 Å². The molecule has 2 heterocycles. The molecule has 0 aliphatic rings. The summed E-state index contributed by atoms with van der Waals surface area (Å²) in [6.45, 7) is 1.92. The highest BCUT2D eigenvalue weighted by molar-refractivity contribution is 7.92. The van der Waals surface area contributed by atoms with Gasteiger partial charge in [0.05, 0.1) is 4.88 Å². The molecule has 0 atom stereocenters. The standard InChI is InChI=1S/C15H15N3O2S2/c1-11-5-3-6-12(9-11)17-22(19,20)14-10-18(2)16-15(14)13-7-4-8-21-13/h3-10,17H,1-2H3. The Balaban J connectivity index is 2.03. The molecule has 0 amide bonds. The van der Waals surface area contributed by atoms with E-state index in [1.807, 2.05) is 36.6 Å². The van der Waals surface area contributed by atoms with Gasteiger partial charge in [0.2, 0.25) is 0 Å². The van der Waals surface area contributed by atoms with Crippen LogP contribution in [-0.2, 0) is 17.1 Å². The molecule has 0 aliphatic heterocycles. The third-order valence-electron chi connectivity index (χ3n) is 3.11. The van der Waals surface area contributed by atoms with Gasteiger partial charge in [-0.3, -0.25) is 9.40 Å². The molecule has 0 saturated heterocycles. The van der Waals surface area contributed by atoms with Crippen LogP contribution >= 0.6 is 11.3 Å². The number of nitrogens with zero attached hydrogens (tertiary/aromatic N) is 2. The second kappa shape index (κ2) is 5.58. The average Bonchev–Trinajstić information content (AvgIpc) is 3.06. The van der Waals surface area contributed by atoms with E-state index in [4.69, 9.17) is 0 Å². The Hall–Kier alpha value is -2.12. The van der Waals surface area contributed by atoms with Gasteiger partial charge < -0.3 is 0 Å². The fourth-order valence-corrected chi connectivity index (χ4v) is 4.20. The topological polar surface area (TPSA) is 64.0 Å². The minimum Gasteiger partial charge on any atom is -0.280 e. The maximum Gasteiger partial charge on any atom is 0.265 e. The minimum atomic E-state index is -3.69. The van der Waals surface area contributed by atoms with Crippen molar-refractivity contribution in [3.63, 3.8) is 0 Å². The lowest BCUT2D eigenvalue weighted by Gasteiger charge is -2.08. The lowest BCUT2D eigenvalue weighted by atomic mass is 10.2. The summed E-state index contributed by atoms with van der Waals surface area (Å²) < 4.78 is 29.5. The summed E-state index contributed by atoms with van der Waals surface area (Å²) in [7, 11) is -1.98. The lowest BCUT2D eigenvalue weighted by Crippen LogP contribution is -2.13. The van der Waals surface area contributed by atoms with Gasteiger partial charge in [0.1, 0.15) is 10.6 Å². The van der Waals surface area contributed by atoms with E-state index in [9.17, 15) is 8.42 Å². The first kappa shape index (κ1) is 14.8. The second-order valence-electron chi connectivity index (χ2n) is 4.97. The first-order valence-corrected chi connectivity index (χ1v) is 8.99. The summed E-state index contributed by atoms with van der Waals surface area (Å²) >= 11 is 1.46. The summed E-state index contributed by atoms with van der Waals surface area (Å²) in [5, 5.41) is 6.18. The number of aromatic nitrogens is 2. The second-order valence-corrected chi connectivity index (χ2v) is 7.57. The number of hydrogen-bond acceptors (Lipinski definition) is 4. The predicted molar refractivity (Wildman–Crippen MR) is 88.5 cm³/mol. The molecule has 2 aromatic heterocycles. The van der Waals surface area contributed by atoms with E-state index in [-0.39, 0.29) is 4.90 Å². The maximum absolute atomic E-state index is 12.7. The first-order chi connectivity index (χ1) is 10.5. The highest BCUT2D eigenvalue weighted by atomic mass is 32.2. The van der Waals surface area contributed by atoms with Crippen LogP contribution in [0.4, 0.5) is 5.69 Å². The summed E-state index contributed by atoms with van der Waals surface area (Å²) in [4.78, 5) is 1.00. The zero-order valence-electron chi connectivity index (χ0n) is 12.1. The maximum atomic E-state index is 12.7. The fraction of sp³-hybridized carbons (Fsp3) is 0.133. The molecule has 5 nitrogen and oxygen atoms in total. The van der Waals surface area contributed by atoms with Gasteiger partial charge in [-0.2, -0.15) is 5.10 Å². The van der Waals surface area contributed by atoms with Crippen molar-refractivity contribution in [2.75, 3.05) is 4.72 Å². The molecular weight excluding hydrogens is 318 g/mol. The van der Waals surface area contributed by atoms with Gasteiger partial charge in [0, 0.05) is 18.9 Å². The third kappa shape index (κ3) is 2.90. The van der Waals surface area contributed by atoms with Crippen molar-refractivity contribution in [2.24, 2.45) is 7.05 Å². The molecule has 7 heteroatoms. The SMILES string of the molecule is Cc1cccc(NS(=O)(=O)c2cn(C)nc2-c2cccs2)c1. The van der Waals surface area contributed by atoms with Crippen LogP contribution in [0.1, 0.15) is 5.56 Å². The number of benzene rings is 1. The van der Waals surface area contributed by atoms with Crippen molar-refractivity contribution in [1.29, 1.82) is 0 Å². The zero-order chi connectivity index (χ0) is 15.7. The van der Waals surface area contributed by atoms with Crippen molar-refractivity contribution >= 4 is 27.0 Å². The van der Waals surface area contributed by atoms with Crippen molar-refractivity contribution in [3.8, 4) is 10.6 Å². The number of sulfonamides is 1. The molecule has 0 fully saturated rings.